The Morgan fingerprint density at radius 3 is 2.57 bits per heavy atom. The second-order valence-electron chi connectivity index (χ2n) is 8.45. The quantitative estimate of drug-likeness (QED) is 0.678. The summed E-state index contributed by atoms with van der Waals surface area (Å²) in [5.41, 5.74) is 8.32. The van der Waals surface area contributed by atoms with E-state index in [1.807, 2.05) is 6.20 Å². The Hall–Kier alpha value is -2.15. The molecule has 0 fully saturated rings. The summed E-state index contributed by atoms with van der Waals surface area (Å²) in [4.78, 5) is 17.5. The Balaban J connectivity index is 2.49. The molecule has 0 aromatic carbocycles. The van der Waals surface area contributed by atoms with Crippen molar-refractivity contribution in [3.63, 3.8) is 0 Å². The molecular weight excluding hydrogens is 357 g/mol. The van der Waals surface area contributed by atoms with Gasteiger partial charge in [-0.25, -0.2) is 8.91 Å². The van der Waals surface area contributed by atoms with Crippen LogP contribution in [0.5, 0.6) is 0 Å². The maximum absolute atomic E-state index is 13.6. The molecule has 1 unspecified atom stereocenters. The van der Waals surface area contributed by atoms with Crippen molar-refractivity contribution in [2.75, 3.05) is 13.1 Å². The normalized spacial score (nSPS) is 14.4. The van der Waals surface area contributed by atoms with Crippen LogP contribution < -0.4 is 5.73 Å². The van der Waals surface area contributed by atoms with Gasteiger partial charge in [-0.15, -0.1) is 0 Å². The van der Waals surface area contributed by atoms with Crippen molar-refractivity contribution in [1.29, 1.82) is 0 Å². The Kier molecular flexibility index (Phi) is 6.70. The van der Waals surface area contributed by atoms with Gasteiger partial charge in [0.25, 0.3) is 0 Å². The van der Waals surface area contributed by atoms with Crippen LogP contribution in [0.4, 0.5) is 4.39 Å². The highest BCUT2D eigenvalue weighted by Gasteiger charge is 2.30. The predicted octanol–water partition coefficient (Wildman–Crippen LogP) is 3.98. The zero-order chi connectivity index (χ0) is 21.2. The SMILES string of the molecule is CCN(CCC(C)(C)c1cnn2c(C(C)C(N)=O)c(/C=C(\C)F)[nH]c12)C(C)C. The lowest BCUT2D eigenvalue weighted by atomic mass is 9.83. The fourth-order valence-corrected chi connectivity index (χ4v) is 3.65. The van der Waals surface area contributed by atoms with Gasteiger partial charge < -0.3 is 15.6 Å². The van der Waals surface area contributed by atoms with Crippen molar-refractivity contribution in [2.24, 2.45) is 5.73 Å². The van der Waals surface area contributed by atoms with Gasteiger partial charge in [-0.3, -0.25) is 4.79 Å². The number of halogens is 1. The van der Waals surface area contributed by atoms with Crippen molar-refractivity contribution < 1.29 is 9.18 Å². The monoisotopic (exact) mass is 391 g/mol. The molecule has 0 aliphatic heterocycles. The van der Waals surface area contributed by atoms with E-state index >= 15 is 0 Å². The van der Waals surface area contributed by atoms with E-state index in [4.69, 9.17) is 5.73 Å². The van der Waals surface area contributed by atoms with Gasteiger partial charge in [-0.1, -0.05) is 20.8 Å². The van der Waals surface area contributed by atoms with Crippen molar-refractivity contribution in [2.45, 2.75) is 72.3 Å². The highest BCUT2D eigenvalue weighted by Crippen LogP contribution is 2.33. The number of carbonyl (C=O) groups excluding carboxylic acids is 1. The van der Waals surface area contributed by atoms with E-state index in [9.17, 15) is 9.18 Å². The van der Waals surface area contributed by atoms with Crippen LogP contribution in [0, 0.1) is 0 Å². The van der Waals surface area contributed by atoms with Gasteiger partial charge in [0.2, 0.25) is 5.91 Å². The van der Waals surface area contributed by atoms with Crippen LogP contribution in [0.1, 0.15) is 77.8 Å². The summed E-state index contributed by atoms with van der Waals surface area (Å²) in [7, 11) is 0. The standard InChI is InChI=1S/C21H34FN5O/c1-8-26(13(2)3)10-9-21(6,7)16-12-24-27-18(15(5)19(23)28)17(11-14(4)22)25-20(16)27/h11-13,15,25H,8-10H2,1-7H3,(H2,23,28)/b14-11+. The Morgan fingerprint density at radius 1 is 1.43 bits per heavy atom. The molecular formula is C21H34FN5O. The van der Waals surface area contributed by atoms with Crippen molar-refractivity contribution in [3.8, 4) is 0 Å². The smallest absolute Gasteiger partial charge is 0.226 e. The number of nitrogens with zero attached hydrogens (tertiary/aromatic N) is 3. The fourth-order valence-electron chi connectivity index (χ4n) is 3.65. The molecule has 0 aliphatic carbocycles. The number of fused-ring (bicyclic) bond motifs is 1. The number of allylic oxidation sites excluding steroid dienone is 1. The lowest BCUT2D eigenvalue weighted by Gasteiger charge is -2.30. The first-order chi connectivity index (χ1) is 13.0. The molecule has 156 valence electrons. The number of H-pyrrole nitrogens is 1. The molecule has 2 aromatic rings. The number of hydrogen-bond donors (Lipinski definition) is 2. The van der Waals surface area contributed by atoms with E-state index in [-0.39, 0.29) is 11.2 Å². The van der Waals surface area contributed by atoms with Gasteiger partial charge >= 0.3 is 0 Å². The predicted molar refractivity (Wildman–Crippen MR) is 112 cm³/mol. The molecule has 0 aliphatic rings. The van der Waals surface area contributed by atoms with E-state index in [1.165, 1.54) is 13.0 Å². The molecule has 2 aromatic heterocycles. The average molecular weight is 392 g/mol. The Morgan fingerprint density at radius 2 is 2.07 bits per heavy atom. The first-order valence-electron chi connectivity index (χ1n) is 9.96. The molecule has 0 spiro atoms. The molecule has 2 heterocycles. The van der Waals surface area contributed by atoms with Gasteiger partial charge in [0.15, 0.2) is 0 Å². The van der Waals surface area contributed by atoms with Crippen LogP contribution in [0.3, 0.4) is 0 Å². The largest absolute Gasteiger partial charge is 0.369 e. The first-order valence-corrected chi connectivity index (χ1v) is 9.96. The molecule has 6 nitrogen and oxygen atoms in total. The maximum Gasteiger partial charge on any atom is 0.226 e. The summed E-state index contributed by atoms with van der Waals surface area (Å²) in [6.45, 7) is 16.0. The number of hydrogen-bond acceptors (Lipinski definition) is 3. The molecule has 0 bridgehead atoms. The third kappa shape index (κ3) is 4.46. The molecule has 28 heavy (non-hydrogen) atoms. The Bertz CT molecular complexity index is 858. The number of carbonyl (C=O) groups is 1. The maximum atomic E-state index is 13.6. The van der Waals surface area contributed by atoms with Crippen molar-refractivity contribution in [3.05, 3.63) is 29.0 Å². The summed E-state index contributed by atoms with van der Waals surface area (Å²) < 4.78 is 15.3. The van der Waals surface area contributed by atoms with Crippen LogP contribution in [-0.2, 0) is 10.2 Å². The van der Waals surface area contributed by atoms with Crippen LogP contribution in [0.2, 0.25) is 0 Å². The minimum absolute atomic E-state index is 0.145. The number of aromatic amines is 1. The minimum Gasteiger partial charge on any atom is -0.369 e. The van der Waals surface area contributed by atoms with Gasteiger partial charge in [-0.2, -0.15) is 5.10 Å². The van der Waals surface area contributed by atoms with Crippen LogP contribution in [-0.4, -0.2) is 44.5 Å². The second kappa shape index (κ2) is 8.47. The lowest BCUT2D eigenvalue weighted by molar-refractivity contribution is -0.119. The van der Waals surface area contributed by atoms with E-state index in [0.29, 0.717) is 17.4 Å². The summed E-state index contributed by atoms with van der Waals surface area (Å²) in [5.74, 6) is -1.41. The number of nitrogens with two attached hydrogens (primary N) is 1. The summed E-state index contributed by atoms with van der Waals surface area (Å²) in [6, 6.07) is 0.491. The zero-order valence-corrected chi connectivity index (χ0v) is 18.1. The van der Waals surface area contributed by atoms with Crippen LogP contribution in [0.25, 0.3) is 11.7 Å². The number of nitrogens with one attached hydrogen (secondary N) is 1. The van der Waals surface area contributed by atoms with E-state index in [0.717, 1.165) is 30.7 Å². The molecule has 1 atom stereocenters. The third-order valence-corrected chi connectivity index (χ3v) is 5.60. The van der Waals surface area contributed by atoms with Gasteiger partial charge in [-0.05, 0) is 58.7 Å². The number of imidazole rings is 1. The molecule has 0 saturated heterocycles. The molecule has 0 radical (unpaired) electrons. The zero-order valence-electron chi connectivity index (χ0n) is 18.1. The van der Waals surface area contributed by atoms with Gasteiger partial charge in [0.1, 0.15) is 5.65 Å². The fraction of sp³-hybridized carbons (Fsp3) is 0.619. The minimum atomic E-state index is -0.591. The number of amides is 1. The molecule has 7 heteroatoms. The lowest BCUT2D eigenvalue weighted by Crippen LogP contribution is -2.34. The van der Waals surface area contributed by atoms with E-state index in [1.54, 1.807) is 11.4 Å². The van der Waals surface area contributed by atoms with Crippen molar-refractivity contribution >= 4 is 17.6 Å². The first kappa shape index (κ1) is 22.1. The highest BCUT2D eigenvalue weighted by atomic mass is 19.1. The second-order valence-corrected chi connectivity index (χ2v) is 8.45. The van der Waals surface area contributed by atoms with Crippen LogP contribution in [0.15, 0.2) is 12.0 Å². The molecule has 0 saturated carbocycles. The number of rotatable bonds is 9. The summed E-state index contributed by atoms with van der Waals surface area (Å²) in [5, 5.41) is 4.51. The van der Waals surface area contributed by atoms with Gasteiger partial charge in [0.05, 0.1) is 29.3 Å². The van der Waals surface area contributed by atoms with Crippen LogP contribution >= 0.6 is 0 Å². The average Bonchev–Trinajstić information content (AvgIpc) is 3.12. The molecule has 3 N–H and O–H groups in total. The Labute approximate surface area is 167 Å². The topological polar surface area (TPSA) is 79.4 Å². The highest BCUT2D eigenvalue weighted by molar-refractivity contribution is 5.82. The van der Waals surface area contributed by atoms with E-state index in [2.05, 4.69) is 49.6 Å². The number of aromatic nitrogens is 3. The summed E-state index contributed by atoms with van der Waals surface area (Å²) in [6.07, 6.45) is 4.18. The number of primary amides is 1. The third-order valence-electron chi connectivity index (χ3n) is 5.60. The molecule has 2 rings (SSSR count). The van der Waals surface area contributed by atoms with Gasteiger partial charge in [0, 0.05) is 11.6 Å². The molecule has 1 amide bonds. The van der Waals surface area contributed by atoms with Crippen molar-refractivity contribution in [1.82, 2.24) is 19.5 Å². The summed E-state index contributed by atoms with van der Waals surface area (Å²) >= 11 is 0. The van der Waals surface area contributed by atoms with E-state index < -0.39 is 11.8 Å².